The lowest BCUT2D eigenvalue weighted by molar-refractivity contribution is -0.388. The van der Waals surface area contributed by atoms with Gasteiger partial charge in [0.1, 0.15) is 0 Å². The predicted molar refractivity (Wildman–Crippen MR) is 63.9 cm³/mol. The summed E-state index contributed by atoms with van der Waals surface area (Å²) in [6.45, 7) is 0. The van der Waals surface area contributed by atoms with Gasteiger partial charge in [0.15, 0.2) is 5.96 Å². The number of hydrogen-bond acceptors (Lipinski definition) is 8. The Balaban J connectivity index is 3.20. The summed E-state index contributed by atoms with van der Waals surface area (Å²) in [5.74, 6) is -2.42. The van der Waals surface area contributed by atoms with Gasteiger partial charge in [0.2, 0.25) is 6.33 Å². The standard InChI is InChI=1S/C4H8N6O9P2/c5-4(6)8-3-2(10(11)12)7-1-9(3)18-21(16,17)19-20(13,14)15/h1H,(H,16,17)(H4,5,6,8)(H2,13,14,15). The molecule has 1 rings (SSSR count). The van der Waals surface area contributed by atoms with Gasteiger partial charge >= 0.3 is 21.5 Å². The van der Waals surface area contributed by atoms with Gasteiger partial charge in [-0.1, -0.05) is 0 Å². The highest BCUT2D eigenvalue weighted by Gasteiger charge is 2.36. The van der Waals surface area contributed by atoms with Crippen LogP contribution < -0.4 is 16.1 Å². The molecule has 0 fully saturated rings. The monoisotopic (exact) mass is 346 g/mol. The van der Waals surface area contributed by atoms with E-state index in [0.717, 1.165) is 0 Å². The highest BCUT2D eigenvalue weighted by molar-refractivity contribution is 7.60. The summed E-state index contributed by atoms with van der Waals surface area (Å²) in [7, 11) is -10.7. The van der Waals surface area contributed by atoms with Crippen LogP contribution in [0.3, 0.4) is 0 Å². The Kier molecular flexibility index (Phi) is 4.68. The third-order valence-electron chi connectivity index (χ3n) is 1.50. The molecule has 0 amide bonds. The van der Waals surface area contributed by atoms with Gasteiger partial charge in [0.05, 0.1) is 0 Å². The van der Waals surface area contributed by atoms with E-state index in [1.54, 1.807) is 0 Å². The zero-order valence-electron chi connectivity index (χ0n) is 9.71. The number of phosphoric acid groups is 2. The third-order valence-corrected chi connectivity index (χ3v) is 3.56. The van der Waals surface area contributed by atoms with Crippen LogP contribution >= 0.6 is 15.6 Å². The van der Waals surface area contributed by atoms with E-state index >= 15 is 0 Å². The van der Waals surface area contributed by atoms with Crippen molar-refractivity contribution in [1.82, 2.24) is 9.71 Å². The molecule has 21 heavy (non-hydrogen) atoms. The molecule has 0 aliphatic heterocycles. The first-order chi connectivity index (χ1) is 9.41. The topological polar surface area (TPSA) is 239 Å². The average molecular weight is 346 g/mol. The summed E-state index contributed by atoms with van der Waals surface area (Å²) >= 11 is 0. The molecule has 0 aliphatic rings. The Morgan fingerprint density at radius 3 is 2.43 bits per heavy atom. The third kappa shape index (κ3) is 5.11. The summed E-state index contributed by atoms with van der Waals surface area (Å²) < 4.78 is 29.6. The van der Waals surface area contributed by atoms with Gasteiger partial charge in [-0.05, 0) is 9.91 Å². The van der Waals surface area contributed by atoms with Crippen molar-refractivity contribution >= 4 is 33.2 Å². The minimum Gasteiger partial charge on any atom is -0.370 e. The summed E-state index contributed by atoms with van der Waals surface area (Å²) in [4.78, 5) is 42.0. The number of nitrogens with zero attached hydrogens (tertiary/aromatic N) is 4. The second-order valence-corrected chi connectivity index (χ2v) is 5.87. The molecule has 17 heteroatoms. The van der Waals surface area contributed by atoms with Crippen molar-refractivity contribution in [2.24, 2.45) is 16.5 Å². The number of guanidine groups is 1. The van der Waals surface area contributed by atoms with E-state index in [0.29, 0.717) is 6.33 Å². The van der Waals surface area contributed by atoms with Crippen LogP contribution in [-0.4, -0.2) is 35.3 Å². The lowest BCUT2D eigenvalue weighted by Crippen LogP contribution is -2.22. The lowest BCUT2D eigenvalue weighted by Gasteiger charge is -2.12. The molecule has 0 spiro atoms. The predicted octanol–water partition coefficient (Wildman–Crippen LogP) is -1.67. The van der Waals surface area contributed by atoms with Crippen molar-refractivity contribution in [3.8, 4) is 0 Å². The molecule has 0 saturated carbocycles. The maximum Gasteiger partial charge on any atom is 0.555 e. The lowest BCUT2D eigenvalue weighted by atomic mass is 10.6. The minimum absolute atomic E-state index is 0.147. The maximum atomic E-state index is 11.3. The Hall–Kier alpha value is -2.02. The molecule has 1 unspecified atom stereocenters. The van der Waals surface area contributed by atoms with Crippen molar-refractivity contribution in [3.05, 3.63) is 16.4 Å². The van der Waals surface area contributed by atoms with E-state index < -0.39 is 38.2 Å². The smallest absolute Gasteiger partial charge is 0.370 e. The Morgan fingerprint density at radius 1 is 1.43 bits per heavy atom. The second kappa shape index (κ2) is 5.77. The Labute approximate surface area is 114 Å². The summed E-state index contributed by atoms with van der Waals surface area (Å²) in [5, 5.41) is 10.6. The first-order valence-corrected chi connectivity index (χ1v) is 7.55. The molecule has 1 heterocycles. The number of imidazole rings is 1. The Morgan fingerprint density at radius 2 is 2.00 bits per heavy atom. The van der Waals surface area contributed by atoms with Crippen molar-refractivity contribution in [2.75, 3.05) is 0 Å². The van der Waals surface area contributed by atoms with Gasteiger partial charge in [-0.2, -0.15) is 9.30 Å². The zero-order valence-corrected chi connectivity index (χ0v) is 11.5. The number of nitro groups is 1. The van der Waals surface area contributed by atoms with E-state index in [9.17, 15) is 19.2 Å². The molecule has 0 saturated heterocycles. The van der Waals surface area contributed by atoms with E-state index in [-0.39, 0.29) is 4.73 Å². The molecular formula is C4H8N6O9P2. The van der Waals surface area contributed by atoms with Gasteiger partial charge in [-0.25, -0.2) is 9.13 Å². The molecule has 15 nitrogen and oxygen atoms in total. The Bertz CT molecular complexity index is 672. The van der Waals surface area contributed by atoms with Crippen molar-refractivity contribution in [2.45, 2.75) is 0 Å². The molecule has 1 atom stereocenters. The number of aromatic nitrogens is 2. The van der Waals surface area contributed by atoms with E-state index in [1.807, 2.05) is 0 Å². The second-order valence-electron chi connectivity index (χ2n) is 3.13. The molecule has 0 aliphatic carbocycles. The van der Waals surface area contributed by atoms with Gasteiger partial charge in [-0.3, -0.25) is 4.89 Å². The van der Waals surface area contributed by atoms with Crippen LogP contribution in [0.1, 0.15) is 0 Å². The number of nitrogens with two attached hydrogens (primary N) is 2. The first-order valence-electron chi connectivity index (χ1n) is 4.52. The van der Waals surface area contributed by atoms with Crippen LogP contribution in [0.4, 0.5) is 11.6 Å². The normalized spacial score (nSPS) is 14.2. The average Bonchev–Trinajstić information content (AvgIpc) is 2.55. The zero-order chi connectivity index (χ0) is 16.4. The molecule has 0 bridgehead atoms. The maximum absolute atomic E-state index is 11.3. The summed E-state index contributed by atoms with van der Waals surface area (Å²) in [6, 6.07) is 0. The van der Waals surface area contributed by atoms with Gasteiger partial charge in [-0.15, -0.1) is 4.73 Å². The van der Waals surface area contributed by atoms with E-state index in [4.69, 9.17) is 26.1 Å². The highest BCUT2D eigenvalue weighted by atomic mass is 31.3. The first kappa shape index (κ1) is 17.0. The van der Waals surface area contributed by atoms with Gasteiger partial charge in [0.25, 0.3) is 5.82 Å². The van der Waals surface area contributed by atoms with Crippen LogP contribution in [0, 0.1) is 10.1 Å². The van der Waals surface area contributed by atoms with Crippen molar-refractivity contribution < 1.29 is 37.7 Å². The van der Waals surface area contributed by atoms with Crippen LogP contribution in [-0.2, 0) is 13.4 Å². The number of aliphatic imine (C=N–C) groups is 1. The quantitative estimate of drug-likeness (QED) is 0.128. The van der Waals surface area contributed by atoms with Crippen LogP contribution in [0.25, 0.3) is 0 Å². The van der Waals surface area contributed by atoms with Gasteiger partial charge < -0.3 is 36.0 Å². The molecule has 1 aromatic heterocycles. The number of rotatable bonds is 6. The van der Waals surface area contributed by atoms with Crippen molar-refractivity contribution in [3.63, 3.8) is 0 Å². The SMILES string of the molecule is NC(N)=Nc1c([N+](=O)[O-])ncn1OP(=O)(O)OP(=O)(O)O. The van der Waals surface area contributed by atoms with Crippen LogP contribution in [0.2, 0.25) is 0 Å². The molecule has 7 N–H and O–H groups in total. The molecule has 1 aromatic rings. The van der Waals surface area contributed by atoms with Crippen LogP contribution in [0.15, 0.2) is 11.3 Å². The molecule has 0 radical (unpaired) electrons. The summed E-state index contributed by atoms with van der Waals surface area (Å²) in [5.41, 5.74) is 10.0. The van der Waals surface area contributed by atoms with E-state index in [2.05, 4.69) is 18.9 Å². The fraction of sp³-hybridized carbons (Fsp3) is 0. The fourth-order valence-corrected chi connectivity index (χ4v) is 2.53. The van der Waals surface area contributed by atoms with Gasteiger partial charge in [0, 0.05) is 0 Å². The molecule has 0 aromatic carbocycles. The van der Waals surface area contributed by atoms with Crippen LogP contribution in [0.5, 0.6) is 0 Å². The largest absolute Gasteiger partial charge is 0.555 e. The summed E-state index contributed by atoms with van der Waals surface area (Å²) in [6.07, 6.45) is 0.520. The molecular weight excluding hydrogens is 338 g/mol. The van der Waals surface area contributed by atoms with Crippen molar-refractivity contribution in [1.29, 1.82) is 0 Å². The highest BCUT2D eigenvalue weighted by Crippen LogP contribution is 2.55. The number of hydrogen-bond donors (Lipinski definition) is 5. The minimum atomic E-state index is -5.37. The fourth-order valence-electron chi connectivity index (χ4n) is 0.989. The molecule has 118 valence electrons. The van der Waals surface area contributed by atoms with E-state index in [1.165, 1.54) is 0 Å².